The van der Waals surface area contributed by atoms with Crippen molar-refractivity contribution in [2.75, 3.05) is 32.1 Å². The Morgan fingerprint density at radius 1 is 1.26 bits per heavy atom. The van der Waals surface area contributed by atoms with E-state index in [-0.39, 0.29) is 11.6 Å². The first kappa shape index (κ1) is 17.5. The Labute approximate surface area is 156 Å². The van der Waals surface area contributed by atoms with E-state index in [1.54, 1.807) is 29.2 Å². The molecule has 0 atom stereocenters. The summed E-state index contributed by atoms with van der Waals surface area (Å²) in [5.74, 6) is -0.403. The predicted octanol–water partition coefficient (Wildman–Crippen LogP) is 2.29. The van der Waals surface area contributed by atoms with Crippen LogP contribution in [0.15, 0.2) is 30.5 Å². The Balaban J connectivity index is 1.38. The summed E-state index contributed by atoms with van der Waals surface area (Å²) in [6.07, 6.45) is 4.21. The number of nitrogens with zero attached hydrogens (tertiary/aromatic N) is 2. The van der Waals surface area contributed by atoms with E-state index in [4.69, 9.17) is 4.74 Å². The molecule has 4 rings (SSSR count). The number of amides is 2. The number of ether oxygens (including phenoxy) is 2. The number of esters is 1. The van der Waals surface area contributed by atoms with Gasteiger partial charge in [0, 0.05) is 18.8 Å². The minimum absolute atomic E-state index is 0.156. The van der Waals surface area contributed by atoms with Crippen molar-refractivity contribution in [3.05, 3.63) is 47.3 Å². The number of fused-ring (bicyclic) bond motifs is 2. The van der Waals surface area contributed by atoms with Gasteiger partial charge in [0.25, 0.3) is 0 Å². The summed E-state index contributed by atoms with van der Waals surface area (Å²) in [5, 5.41) is 10.1. The number of likely N-dealkylation sites (tertiary alicyclic amines) is 1. The van der Waals surface area contributed by atoms with Crippen molar-refractivity contribution >= 4 is 17.7 Å². The van der Waals surface area contributed by atoms with Gasteiger partial charge in [-0.05, 0) is 49.1 Å². The fourth-order valence-corrected chi connectivity index (χ4v) is 3.80. The molecule has 0 saturated carbocycles. The Bertz CT molecular complexity index is 838. The smallest absolute Gasteiger partial charge is 0.337 e. The van der Waals surface area contributed by atoms with Crippen LogP contribution in [0.5, 0.6) is 0 Å². The second kappa shape index (κ2) is 7.03. The highest BCUT2D eigenvalue weighted by Gasteiger charge is 2.43. The third-order valence-electron chi connectivity index (χ3n) is 5.34. The highest BCUT2D eigenvalue weighted by molar-refractivity contribution is 5.92. The summed E-state index contributed by atoms with van der Waals surface area (Å²) in [5.41, 5.74) is 3.00. The standard InChI is InChI=1S/C19H22N4O4/c1-26-17(24)13-2-4-15(5-3-13)21-18(25)23-9-7-19(8-10-23)16-14(6-11-27-19)12-20-22-16/h2-5,12H,6-11H2,1H3,(H,20,22)(H,21,25). The van der Waals surface area contributed by atoms with Gasteiger partial charge < -0.3 is 19.7 Å². The molecule has 3 heterocycles. The highest BCUT2D eigenvalue weighted by atomic mass is 16.5. The van der Waals surface area contributed by atoms with Gasteiger partial charge in [0.2, 0.25) is 0 Å². The molecule has 2 aromatic rings. The predicted molar refractivity (Wildman–Crippen MR) is 97.5 cm³/mol. The lowest BCUT2D eigenvalue weighted by Gasteiger charge is -2.43. The van der Waals surface area contributed by atoms with Gasteiger partial charge in [-0.3, -0.25) is 5.10 Å². The minimum Gasteiger partial charge on any atom is -0.465 e. The SMILES string of the molecule is COC(=O)c1ccc(NC(=O)N2CCC3(CC2)OCCc2cn[nH]c23)cc1. The van der Waals surface area contributed by atoms with Crippen LogP contribution < -0.4 is 5.32 Å². The van der Waals surface area contributed by atoms with Crippen LogP contribution in [-0.2, 0) is 21.5 Å². The van der Waals surface area contributed by atoms with Crippen LogP contribution in [-0.4, -0.2) is 53.9 Å². The number of nitrogens with one attached hydrogen (secondary N) is 2. The second-order valence-electron chi connectivity index (χ2n) is 6.85. The maximum Gasteiger partial charge on any atom is 0.337 e. The van der Waals surface area contributed by atoms with Gasteiger partial charge in [0.15, 0.2) is 0 Å². The average molecular weight is 370 g/mol. The Morgan fingerprint density at radius 2 is 2.00 bits per heavy atom. The number of aromatic amines is 1. The van der Waals surface area contributed by atoms with Crippen LogP contribution >= 0.6 is 0 Å². The largest absolute Gasteiger partial charge is 0.465 e. The number of urea groups is 1. The molecule has 2 N–H and O–H groups in total. The van der Waals surface area contributed by atoms with Crippen LogP contribution in [0, 0.1) is 0 Å². The third-order valence-corrected chi connectivity index (χ3v) is 5.34. The molecule has 2 aliphatic rings. The molecular weight excluding hydrogens is 348 g/mol. The molecule has 0 unspecified atom stereocenters. The summed E-state index contributed by atoms with van der Waals surface area (Å²) in [7, 11) is 1.34. The van der Waals surface area contributed by atoms with E-state index in [1.165, 1.54) is 12.7 Å². The van der Waals surface area contributed by atoms with Gasteiger partial charge >= 0.3 is 12.0 Å². The zero-order valence-electron chi connectivity index (χ0n) is 15.2. The number of piperidine rings is 1. The number of anilines is 1. The maximum atomic E-state index is 12.6. The van der Waals surface area contributed by atoms with Crippen molar-refractivity contribution < 1.29 is 19.1 Å². The molecular formula is C19H22N4O4. The van der Waals surface area contributed by atoms with Crippen molar-refractivity contribution in [2.45, 2.75) is 24.9 Å². The lowest BCUT2D eigenvalue weighted by atomic mass is 9.84. The van der Waals surface area contributed by atoms with Gasteiger partial charge in [0.05, 0.1) is 31.2 Å². The van der Waals surface area contributed by atoms with Crippen LogP contribution in [0.3, 0.4) is 0 Å². The number of benzene rings is 1. The molecule has 8 nitrogen and oxygen atoms in total. The second-order valence-corrected chi connectivity index (χ2v) is 6.85. The molecule has 1 aromatic carbocycles. The van der Waals surface area contributed by atoms with Gasteiger partial charge in [-0.2, -0.15) is 5.10 Å². The number of aromatic nitrogens is 2. The lowest BCUT2D eigenvalue weighted by Crippen LogP contribution is -2.49. The average Bonchev–Trinajstić information content (AvgIpc) is 3.19. The van der Waals surface area contributed by atoms with E-state index in [1.807, 2.05) is 6.20 Å². The van der Waals surface area contributed by atoms with E-state index >= 15 is 0 Å². The molecule has 1 fully saturated rings. The Kier molecular flexibility index (Phi) is 4.57. The Morgan fingerprint density at radius 3 is 2.70 bits per heavy atom. The van der Waals surface area contributed by atoms with E-state index in [9.17, 15) is 9.59 Å². The number of carbonyl (C=O) groups excluding carboxylic acids is 2. The zero-order valence-corrected chi connectivity index (χ0v) is 15.2. The van der Waals surface area contributed by atoms with E-state index in [0.717, 1.165) is 25.0 Å². The fraction of sp³-hybridized carbons (Fsp3) is 0.421. The molecule has 2 aliphatic heterocycles. The van der Waals surface area contributed by atoms with E-state index < -0.39 is 5.97 Å². The van der Waals surface area contributed by atoms with Crippen LogP contribution in [0.4, 0.5) is 10.5 Å². The van der Waals surface area contributed by atoms with Gasteiger partial charge in [-0.1, -0.05) is 0 Å². The van der Waals surface area contributed by atoms with Crippen molar-refractivity contribution in [3.8, 4) is 0 Å². The summed E-state index contributed by atoms with van der Waals surface area (Å²) in [4.78, 5) is 25.8. The number of methoxy groups -OCH3 is 1. The number of rotatable bonds is 2. The lowest BCUT2D eigenvalue weighted by molar-refractivity contribution is -0.0948. The van der Waals surface area contributed by atoms with Gasteiger partial charge in [-0.25, -0.2) is 9.59 Å². The third kappa shape index (κ3) is 3.28. The molecule has 2 amide bonds. The van der Waals surface area contributed by atoms with Crippen molar-refractivity contribution in [3.63, 3.8) is 0 Å². The van der Waals surface area contributed by atoms with Crippen molar-refractivity contribution in [2.24, 2.45) is 0 Å². The molecule has 1 aromatic heterocycles. The van der Waals surface area contributed by atoms with Crippen molar-refractivity contribution in [1.82, 2.24) is 15.1 Å². The topological polar surface area (TPSA) is 96.6 Å². The fourth-order valence-electron chi connectivity index (χ4n) is 3.80. The van der Waals surface area contributed by atoms with E-state index in [0.29, 0.717) is 30.9 Å². The minimum atomic E-state index is -0.403. The molecule has 8 heteroatoms. The number of hydrogen-bond acceptors (Lipinski definition) is 5. The van der Waals surface area contributed by atoms with Gasteiger partial charge in [0.1, 0.15) is 5.60 Å². The number of carbonyl (C=O) groups is 2. The molecule has 0 aliphatic carbocycles. The highest BCUT2D eigenvalue weighted by Crippen LogP contribution is 2.40. The van der Waals surface area contributed by atoms with Gasteiger partial charge in [-0.15, -0.1) is 0 Å². The maximum absolute atomic E-state index is 12.6. The number of H-pyrrole nitrogens is 1. The summed E-state index contributed by atoms with van der Waals surface area (Å²) in [6.45, 7) is 1.89. The zero-order chi connectivity index (χ0) is 18.9. The monoisotopic (exact) mass is 370 g/mol. The summed E-state index contributed by atoms with van der Waals surface area (Å²) >= 11 is 0. The quantitative estimate of drug-likeness (QED) is 0.791. The van der Waals surface area contributed by atoms with E-state index in [2.05, 4.69) is 20.3 Å². The summed E-state index contributed by atoms with van der Waals surface area (Å²) in [6, 6.07) is 6.48. The summed E-state index contributed by atoms with van der Waals surface area (Å²) < 4.78 is 10.8. The molecule has 0 radical (unpaired) electrons. The number of hydrogen-bond donors (Lipinski definition) is 2. The first-order chi connectivity index (χ1) is 13.1. The first-order valence-electron chi connectivity index (χ1n) is 9.02. The van der Waals surface area contributed by atoms with Crippen molar-refractivity contribution in [1.29, 1.82) is 0 Å². The molecule has 1 saturated heterocycles. The normalized spacial score (nSPS) is 18.0. The molecule has 142 valence electrons. The van der Waals surface area contributed by atoms with Crippen LogP contribution in [0.25, 0.3) is 0 Å². The van der Waals surface area contributed by atoms with Crippen LogP contribution in [0.2, 0.25) is 0 Å². The molecule has 1 spiro atoms. The molecule has 27 heavy (non-hydrogen) atoms. The van der Waals surface area contributed by atoms with Crippen LogP contribution in [0.1, 0.15) is 34.5 Å². The molecule has 0 bridgehead atoms. The Hall–Kier alpha value is -2.87. The first-order valence-corrected chi connectivity index (χ1v) is 9.02.